The molecule has 28 heavy (non-hydrogen) atoms. The van der Waals surface area contributed by atoms with Crippen molar-refractivity contribution in [2.75, 3.05) is 38.5 Å². The number of rotatable bonds is 6. The average molecular weight is 403 g/mol. The van der Waals surface area contributed by atoms with Crippen LogP contribution >= 0.6 is 11.6 Å². The SMILES string of the molecule is Nc1ncc(C(=O)N(CCC(=O)N2CCNCC2)Cc2cccc(Cl)c2)cn1. The molecule has 0 radical (unpaired) electrons. The second kappa shape index (κ2) is 9.48. The van der Waals surface area contributed by atoms with Crippen LogP contribution in [-0.4, -0.2) is 64.3 Å². The van der Waals surface area contributed by atoms with Crippen LogP contribution in [-0.2, 0) is 11.3 Å². The largest absolute Gasteiger partial charge is 0.368 e. The molecule has 0 aliphatic carbocycles. The van der Waals surface area contributed by atoms with Gasteiger partial charge in [-0.15, -0.1) is 0 Å². The van der Waals surface area contributed by atoms with Crippen LogP contribution in [0.1, 0.15) is 22.3 Å². The first-order chi connectivity index (χ1) is 13.5. The summed E-state index contributed by atoms with van der Waals surface area (Å²) in [6.07, 6.45) is 3.05. The van der Waals surface area contributed by atoms with Crippen molar-refractivity contribution in [3.63, 3.8) is 0 Å². The van der Waals surface area contributed by atoms with E-state index in [-0.39, 0.29) is 24.2 Å². The van der Waals surface area contributed by atoms with Crippen molar-refractivity contribution in [3.05, 3.63) is 52.8 Å². The van der Waals surface area contributed by atoms with Crippen LogP contribution in [0.2, 0.25) is 5.02 Å². The molecular formula is C19H23ClN6O2. The predicted molar refractivity (Wildman–Crippen MR) is 107 cm³/mol. The van der Waals surface area contributed by atoms with Gasteiger partial charge in [0.25, 0.3) is 5.91 Å². The summed E-state index contributed by atoms with van der Waals surface area (Å²) in [6, 6.07) is 7.31. The number of nitrogens with zero attached hydrogens (tertiary/aromatic N) is 4. The summed E-state index contributed by atoms with van der Waals surface area (Å²) in [5.41, 5.74) is 6.71. The minimum atomic E-state index is -0.256. The number of benzene rings is 1. The van der Waals surface area contributed by atoms with Crippen LogP contribution in [0.25, 0.3) is 0 Å². The number of amides is 2. The second-order valence-corrected chi connectivity index (χ2v) is 7.00. The van der Waals surface area contributed by atoms with E-state index in [0.717, 1.165) is 18.7 Å². The highest BCUT2D eigenvalue weighted by molar-refractivity contribution is 6.30. The van der Waals surface area contributed by atoms with E-state index in [1.807, 2.05) is 17.0 Å². The van der Waals surface area contributed by atoms with Gasteiger partial charge in [-0.05, 0) is 17.7 Å². The Labute approximate surface area is 168 Å². The minimum absolute atomic E-state index is 0.0407. The quantitative estimate of drug-likeness (QED) is 0.751. The van der Waals surface area contributed by atoms with Gasteiger partial charge in [0.15, 0.2) is 0 Å². The summed E-state index contributed by atoms with van der Waals surface area (Å²) in [6.45, 7) is 3.58. The molecule has 148 valence electrons. The van der Waals surface area contributed by atoms with Gasteiger partial charge >= 0.3 is 0 Å². The van der Waals surface area contributed by atoms with E-state index < -0.39 is 0 Å². The lowest BCUT2D eigenvalue weighted by Crippen LogP contribution is -2.47. The summed E-state index contributed by atoms with van der Waals surface area (Å²) in [5, 5.41) is 3.82. The lowest BCUT2D eigenvalue weighted by atomic mass is 10.2. The lowest BCUT2D eigenvalue weighted by Gasteiger charge is -2.29. The van der Waals surface area contributed by atoms with Crippen LogP contribution in [0.15, 0.2) is 36.7 Å². The van der Waals surface area contributed by atoms with Gasteiger partial charge in [-0.1, -0.05) is 23.7 Å². The Bertz CT molecular complexity index is 823. The first kappa shape index (κ1) is 20.0. The molecule has 0 bridgehead atoms. The lowest BCUT2D eigenvalue weighted by molar-refractivity contribution is -0.132. The fraction of sp³-hybridized carbons (Fsp3) is 0.368. The number of carbonyl (C=O) groups excluding carboxylic acids is 2. The average Bonchev–Trinajstić information content (AvgIpc) is 2.71. The minimum Gasteiger partial charge on any atom is -0.368 e. The Hall–Kier alpha value is -2.71. The Morgan fingerprint density at radius 2 is 1.93 bits per heavy atom. The van der Waals surface area contributed by atoms with Crippen LogP contribution in [0.4, 0.5) is 5.95 Å². The van der Waals surface area contributed by atoms with Crippen LogP contribution in [0.5, 0.6) is 0 Å². The monoisotopic (exact) mass is 402 g/mol. The van der Waals surface area contributed by atoms with Gasteiger partial charge in [-0.3, -0.25) is 9.59 Å². The van der Waals surface area contributed by atoms with Crippen LogP contribution in [0, 0.1) is 0 Å². The number of nitrogen functional groups attached to an aromatic ring is 1. The topological polar surface area (TPSA) is 104 Å². The van der Waals surface area contributed by atoms with E-state index in [4.69, 9.17) is 17.3 Å². The summed E-state index contributed by atoms with van der Waals surface area (Å²) in [5.74, 6) is -0.112. The summed E-state index contributed by atoms with van der Waals surface area (Å²) in [4.78, 5) is 36.7. The summed E-state index contributed by atoms with van der Waals surface area (Å²) >= 11 is 6.07. The maximum absolute atomic E-state index is 13.0. The molecule has 0 atom stereocenters. The number of halogens is 1. The first-order valence-corrected chi connectivity index (χ1v) is 9.50. The molecule has 1 aliphatic heterocycles. The van der Waals surface area contributed by atoms with E-state index in [2.05, 4.69) is 15.3 Å². The van der Waals surface area contributed by atoms with E-state index in [0.29, 0.717) is 36.8 Å². The van der Waals surface area contributed by atoms with Crippen LogP contribution in [0.3, 0.4) is 0 Å². The molecule has 1 aliphatic rings. The fourth-order valence-electron chi connectivity index (χ4n) is 3.04. The first-order valence-electron chi connectivity index (χ1n) is 9.12. The molecule has 1 fully saturated rings. The van der Waals surface area contributed by atoms with Crippen molar-refractivity contribution < 1.29 is 9.59 Å². The maximum atomic E-state index is 13.0. The number of aromatic nitrogens is 2. The van der Waals surface area contributed by atoms with E-state index in [9.17, 15) is 9.59 Å². The molecule has 0 spiro atoms. The molecule has 1 aromatic heterocycles. The zero-order chi connectivity index (χ0) is 19.9. The normalized spacial score (nSPS) is 14.0. The Balaban J connectivity index is 1.72. The standard InChI is InChI=1S/C19H23ClN6O2/c20-16-3-1-2-14(10-16)13-26(18(28)15-11-23-19(21)24-12-15)7-4-17(27)25-8-5-22-6-9-25/h1-3,10-12,22H,4-9,13H2,(H2,21,23,24). The Morgan fingerprint density at radius 3 is 2.61 bits per heavy atom. The predicted octanol–water partition coefficient (Wildman–Crippen LogP) is 1.18. The molecule has 1 saturated heterocycles. The highest BCUT2D eigenvalue weighted by Gasteiger charge is 2.21. The van der Waals surface area contributed by atoms with Crippen molar-refractivity contribution in [3.8, 4) is 0 Å². The third-order valence-corrected chi connectivity index (χ3v) is 4.77. The number of nitrogens with one attached hydrogen (secondary N) is 1. The van der Waals surface area contributed by atoms with Crippen molar-refractivity contribution >= 4 is 29.4 Å². The number of piperazine rings is 1. The van der Waals surface area contributed by atoms with Crippen molar-refractivity contribution in [2.24, 2.45) is 0 Å². The zero-order valence-corrected chi connectivity index (χ0v) is 16.2. The van der Waals surface area contributed by atoms with Crippen molar-refractivity contribution in [2.45, 2.75) is 13.0 Å². The van der Waals surface area contributed by atoms with E-state index in [1.54, 1.807) is 17.0 Å². The molecule has 3 N–H and O–H groups in total. The molecular weight excluding hydrogens is 380 g/mol. The molecule has 9 heteroatoms. The van der Waals surface area contributed by atoms with Gasteiger partial charge < -0.3 is 20.9 Å². The van der Waals surface area contributed by atoms with Gasteiger partial charge in [0, 0.05) is 63.1 Å². The highest BCUT2D eigenvalue weighted by atomic mass is 35.5. The van der Waals surface area contributed by atoms with Crippen molar-refractivity contribution in [1.29, 1.82) is 0 Å². The van der Waals surface area contributed by atoms with Gasteiger partial charge in [-0.2, -0.15) is 0 Å². The van der Waals surface area contributed by atoms with E-state index >= 15 is 0 Å². The number of nitrogens with two attached hydrogens (primary N) is 1. The Morgan fingerprint density at radius 1 is 1.21 bits per heavy atom. The van der Waals surface area contributed by atoms with Crippen LogP contribution < -0.4 is 11.1 Å². The van der Waals surface area contributed by atoms with E-state index in [1.165, 1.54) is 12.4 Å². The molecule has 2 heterocycles. The Kier molecular flexibility index (Phi) is 6.78. The maximum Gasteiger partial charge on any atom is 0.257 e. The number of hydrogen-bond donors (Lipinski definition) is 2. The fourth-order valence-corrected chi connectivity index (χ4v) is 3.25. The molecule has 3 rings (SSSR count). The van der Waals surface area contributed by atoms with Gasteiger partial charge in [0.2, 0.25) is 11.9 Å². The van der Waals surface area contributed by atoms with Gasteiger partial charge in [0.05, 0.1) is 5.56 Å². The third-order valence-electron chi connectivity index (χ3n) is 4.53. The van der Waals surface area contributed by atoms with Crippen molar-refractivity contribution in [1.82, 2.24) is 25.1 Å². The molecule has 1 aromatic carbocycles. The highest BCUT2D eigenvalue weighted by Crippen LogP contribution is 2.15. The van der Waals surface area contributed by atoms with Gasteiger partial charge in [-0.25, -0.2) is 9.97 Å². The number of hydrogen-bond acceptors (Lipinski definition) is 6. The molecule has 8 nitrogen and oxygen atoms in total. The second-order valence-electron chi connectivity index (χ2n) is 6.57. The zero-order valence-electron chi connectivity index (χ0n) is 15.5. The molecule has 0 saturated carbocycles. The third kappa shape index (κ3) is 5.40. The summed E-state index contributed by atoms with van der Waals surface area (Å²) < 4.78 is 0. The molecule has 2 amide bonds. The molecule has 2 aromatic rings. The molecule has 0 unspecified atom stereocenters. The smallest absolute Gasteiger partial charge is 0.257 e. The summed E-state index contributed by atoms with van der Waals surface area (Å²) in [7, 11) is 0. The number of anilines is 1. The number of carbonyl (C=O) groups is 2. The van der Waals surface area contributed by atoms with Gasteiger partial charge in [0.1, 0.15) is 0 Å².